The zero-order valence-electron chi connectivity index (χ0n) is 10.1. The topological polar surface area (TPSA) is 15.3 Å². The van der Waals surface area contributed by atoms with Gasteiger partial charge in [-0.15, -0.1) is 0 Å². The molecular formula is C14H20N2. The van der Waals surface area contributed by atoms with Gasteiger partial charge in [-0.3, -0.25) is 0 Å². The number of anilines is 1. The maximum atomic E-state index is 4.15. The number of likely N-dealkylation sites (tertiary alicyclic amines) is 1. The molecule has 1 heterocycles. The van der Waals surface area contributed by atoms with Crippen LogP contribution in [0.15, 0.2) is 42.7 Å². The van der Waals surface area contributed by atoms with E-state index in [-0.39, 0.29) is 0 Å². The van der Waals surface area contributed by atoms with Gasteiger partial charge in [0.2, 0.25) is 0 Å². The first-order chi connectivity index (χ1) is 7.68. The van der Waals surface area contributed by atoms with Crippen molar-refractivity contribution in [2.45, 2.75) is 38.8 Å². The van der Waals surface area contributed by atoms with Crippen molar-refractivity contribution in [2.24, 2.45) is 0 Å². The number of benzene rings is 1. The van der Waals surface area contributed by atoms with Gasteiger partial charge >= 0.3 is 0 Å². The molecule has 86 valence electrons. The van der Waals surface area contributed by atoms with Crippen LogP contribution in [0.25, 0.3) is 0 Å². The first kappa shape index (κ1) is 11.1. The molecule has 2 rings (SSSR count). The number of hydrogen-bond acceptors (Lipinski definition) is 2. The number of rotatable bonds is 3. The van der Waals surface area contributed by atoms with E-state index in [1.54, 1.807) is 0 Å². The lowest BCUT2D eigenvalue weighted by Gasteiger charge is -2.31. The minimum absolute atomic E-state index is 0.596. The van der Waals surface area contributed by atoms with E-state index >= 15 is 0 Å². The van der Waals surface area contributed by atoms with E-state index in [1.807, 2.05) is 18.2 Å². The maximum Gasteiger partial charge on any atom is 0.0988 e. The monoisotopic (exact) mass is 216 g/mol. The van der Waals surface area contributed by atoms with Crippen LogP contribution in [0.3, 0.4) is 0 Å². The third-order valence-electron chi connectivity index (χ3n) is 3.33. The molecule has 2 nitrogen and oxygen atoms in total. The molecule has 0 aliphatic carbocycles. The third-order valence-corrected chi connectivity index (χ3v) is 3.33. The molecule has 1 fully saturated rings. The molecule has 1 aliphatic heterocycles. The minimum atomic E-state index is 0.596. The molecule has 0 radical (unpaired) electrons. The molecule has 0 bridgehead atoms. The molecule has 0 unspecified atom stereocenters. The van der Waals surface area contributed by atoms with E-state index in [9.17, 15) is 0 Å². The van der Waals surface area contributed by atoms with Crippen LogP contribution in [-0.4, -0.2) is 17.0 Å². The molecule has 1 N–H and O–H groups in total. The summed E-state index contributed by atoms with van der Waals surface area (Å²) in [5.74, 6) is 1.02. The lowest BCUT2D eigenvalue weighted by Crippen LogP contribution is -2.34. The summed E-state index contributed by atoms with van der Waals surface area (Å²) in [4.78, 5) is 2.38. The zero-order valence-corrected chi connectivity index (χ0v) is 10.1. The highest BCUT2D eigenvalue weighted by atomic mass is 15.3. The normalized spacial score (nSPS) is 24.5. The Labute approximate surface area is 98.0 Å². The molecule has 1 aliphatic rings. The van der Waals surface area contributed by atoms with Gasteiger partial charge < -0.3 is 10.2 Å². The van der Waals surface area contributed by atoms with E-state index in [4.69, 9.17) is 0 Å². The lowest BCUT2D eigenvalue weighted by molar-refractivity contribution is 0.282. The number of para-hydroxylation sites is 1. The Balaban J connectivity index is 2.03. The Hall–Kier alpha value is -1.44. The van der Waals surface area contributed by atoms with E-state index in [1.165, 1.54) is 12.8 Å². The lowest BCUT2D eigenvalue weighted by atomic mass is 10.2. The van der Waals surface area contributed by atoms with Gasteiger partial charge in [-0.05, 0) is 38.8 Å². The van der Waals surface area contributed by atoms with Crippen LogP contribution < -0.4 is 5.32 Å². The Kier molecular flexibility index (Phi) is 3.18. The van der Waals surface area contributed by atoms with Crippen LogP contribution in [-0.2, 0) is 0 Å². The van der Waals surface area contributed by atoms with Crippen LogP contribution in [0.4, 0.5) is 5.69 Å². The van der Waals surface area contributed by atoms with Gasteiger partial charge in [0.15, 0.2) is 0 Å². The highest BCUT2D eigenvalue weighted by molar-refractivity contribution is 5.47. The smallest absolute Gasteiger partial charge is 0.0988 e. The van der Waals surface area contributed by atoms with E-state index < -0.39 is 0 Å². The second kappa shape index (κ2) is 4.60. The van der Waals surface area contributed by atoms with E-state index in [2.05, 4.69) is 42.8 Å². The molecule has 16 heavy (non-hydrogen) atoms. The summed E-state index contributed by atoms with van der Waals surface area (Å²) in [5.41, 5.74) is 1.11. The van der Waals surface area contributed by atoms with Gasteiger partial charge in [-0.2, -0.15) is 0 Å². The van der Waals surface area contributed by atoms with E-state index in [0.29, 0.717) is 12.1 Å². The second-order valence-electron chi connectivity index (χ2n) is 4.62. The molecule has 1 aromatic carbocycles. The molecule has 2 atom stereocenters. The average molecular weight is 216 g/mol. The van der Waals surface area contributed by atoms with Crippen molar-refractivity contribution >= 4 is 5.69 Å². The Morgan fingerprint density at radius 3 is 2.31 bits per heavy atom. The van der Waals surface area contributed by atoms with Crippen LogP contribution in [0, 0.1) is 0 Å². The average Bonchev–Trinajstić information content (AvgIpc) is 2.60. The first-order valence-electron chi connectivity index (χ1n) is 5.98. The van der Waals surface area contributed by atoms with Crippen LogP contribution in [0.5, 0.6) is 0 Å². The van der Waals surface area contributed by atoms with Gasteiger partial charge in [0.25, 0.3) is 0 Å². The second-order valence-corrected chi connectivity index (χ2v) is 4.62. The van der Waals surface area contributed by atoms with Gasteiger partial charge in [0.1, 0.15) is 0 Å². The van der Waals surface area contributed by atoms with Gasteiger partial charge in [0, 0.05) is 17.8 Å². The Bertz CT molecular complexity index is 348. The molecule has 1 saturated heterocycles. The first-order valence-corrected chi connectivity index (χ1v) is 5.98. The molecule has 0 spiro atoms. The third kappa shape index (κ3) is 2.21. The van der Waals surface area contributed by atoms with Gasteiger partial charge in [0.05, 0.1) is 5.82 Å². The largest absolute Gasteiger partial charge is 0.353 e. The summed E-state index contributed by atoms with van der Waals surface area (Å²) in [6, 6.07) is 11.4. The molecule has 0 amide bonds. The molecule has 2 heteroatoms. The quantitative estimate of drug-likeness (QED) is 0.832. The predicted octanol–water partition coefficient (Wildman–Crippen LogP) is 3.44. The van der Waals surface area contributed by atoms with Crippen LogP contribution in [0.1, 0.15) is 26.7 Å². The Morgan fingerprint density at radius 2 is 1.75 bits per heavy atom. The summed E-state index contributed by atoms with van der Waals surface area (Å²) in [6.45, 7) is 8.68. The van der Waals surface area contributed by atoms with Crippen molar-refractivity contribution in [2.75, 3.05) is 5.32 Å². The SMILES string of the molecule is C=C(Nc1ccccc1)N1[C@@H](C)CC[C@@H]1C. The molecule has 1 aromatic rings. The fourth-order valence-electron chi connectivity index (χ4n) is 2.48. The standard InChI is InChI=1S/C14H20N2/c1-11-9-10-12(2)16(11)13(3)15-14-7-5-4-6-8-14/h4-8,11-12,15H,3,9-10H2,1-2H3/t11-,12-/m0/s1. The summed E-state index contributed by atoms with van der Waals surface area (Å²) in [5, 5.41) is 3.38. The van der Waals surface area contributed by atoms with E-state index in [0.717, 1.165) is 11.5 Å². The highest BCUT2D eigenvalue weighted by Crippen LogP contribution is 2.27. The van der Waals surface area contributed by atoms with Crippen LogP contribution in [0.2, 0.25) is 0 Å². The molecular weight excluding hydrogens is 196 g/mol. The number of nitrogens with one attached hydrogen (secondary N) is 1. The van der Waals surface area contributed by atoms with Gasteiger partial charge in [-0.1, -0.05) is 24.8 Å². The van der Waals surface area contributed by atoms with Gasteiger partial charge in [-0.25, -0.2) is 0 Å². The van der Waals surface area contributed by atoms with Crippen molar-refractivity contribution in [1.82, 2.24) is 4.90 Å². The summed E-state index contributed by atoms with van der Waals surface area (Å²) in [7, 11) is 0. The van der Waals surface area contributed by atoms with Crippen molar-refractivity contribution in [3.8, 4) is 0 Å². The minimum Gasteiger partial charge on any atom is -0.353 e. The summed E-state index contributed by atoms with van der Waals surface area (Å²) >= 11 is 0. The summed E-state index contributed by atoms with van der Waals surface area (Å²) < 4.78 is 0. The molecule has 0 saturated carbocycles. The van der Waals surface area contributed by atoms with Crippen molar-refractivity contribution in [3.05, 3.63) is 42.7 Å². The Morgan fingerprint density at radius 1 is 1.19 bits per heavy atom. The maximum absolute atomic E-state index is 4.15. The fourth-order valence-corrected chi connectivity index (χ4v) is 2.48. The van der Waals surface area contributed by atoms with Crippen molar-refractivity contribution in [1.29, 1.82) is 0 Å². The zero-order chi connectivity index (χ0) is 11.5. The number of hydrogen-bond donors (Lipinski definition) is 1. The fraction of sp³-hybridized carbons (Fsp3) is 0.429. The number of nitrogens with zero attached hydrogens (tertiary/aromatic N) is 1. The van der Waals surface area contributed by atoms with Crippen molar-refractivity contribution < 1.29 is 0 Å². The predicted molar refractivity (Wildman–Crippen MR) is 69.2 cm³/mol. The highest BCUT2D eigenvalue weighted by Gasteiger charge is 2.27. The molecule has 0 aromatic heterocycles. The van der Waals surface area contributed by atoms with Crippen LogP contribution >= 0.6 is 0 Å². The summed E-state index contributed by atoms with van der Waals surface area (Å²) in [6.07, 6.45) is 2.52. The van der Waals surface area contributed by atoms with Crippen molar-refractivity contribution in [3.63, 3.8) is 0 Å².